The van der Waals surface area contributed by atoms with Gasteiger partial charge in [-0.1, -0.05) is 0 Å². The van der Waals surface area contributed by atoms with E-state index in [-0.39, 0.29) is 6.61 Å². The molecular formula is C15H24N2O3. The lowest BCUT2D eigenvalue weighted by Crippen LogP contribution is -2.35. The van der Waals surface area contributed by atoms with Crippen molar-refractivity contribution in [3.8, 4) is 11.5 Å². The van der Waals surface area contributed by atoms with Gasteiger partial charge < -0.3 is 14.6 Å². The van der Waals surface area contributed by atoms with E-state index in [4.69, 9.17) is 14.6 Å². The monoisotopic (exact) mass is 280 g/mol. The third kappa shape index (κ3) is 3.61. The Morgan fingerprint density at radius 2 is 2.25 bits per heavy atom. The number of ether oxygens (including phenoxy) is 2. The average molecular weight is 280 g/mol. The van der Waals surface area contributed by atoms with Crippen molar-refractivity contribution in [2.24, 2.45) is 5.92 Å². The molecule has 1 fully saturated rings. The predicted octanol–water partition coefficient (Wildman–Crippen LogP) is 1.69. The molecule has 0 bridgehead atoms. The minimum absolute atomic E-state index is 0.277. The van der Waals surface area contributed by atoms with Crippen molar-refractivity contribution in [3.05, 3.63) is 18.0 Å². The highest BCUT2D eigenvalue weighted by Gasteiger charge is 2.21. The van der Waals surface area contributed by atoms with Crippen LogP contribution in [-0.2, 0) is 6.54 Å². The first-order chi connectivity index (χ1) is 9.78. The Morgan fingerprint density at radius 1 is 1.40 bits per heavy atom. The fraction of sp³-hybridized carbons (Fsp3) is 0.667. The standard InChI is InChI=1S/C15H24N2O3/c1-19-14-5-7-16-13(15(14)20-2)11-17-8-3-4-12(10-17)6-9-18/h5,7,12,18H,3-4,6,8-11H2,1-2H3. The molecular weight excluding hydrogens is 256 g/mol. The van der Waals surface area contributed by atoms with Gasteiger partial charge in [-0.3, -0.25) is 9.88 Å². The molecule has 1 aliphatic rings. The average Bonchev–Trinajstić information content (AvgIpc) is 2.47. The van der Waals surface area contributed by atoms with Crippen LogP contribution in [0.3, 0.4) is 0 Å². The lowest BCUT2D eigenvalue weighted by Gasteiger charge is -2.32. The Hall–Kier alpha value is -1.33. The SMILES string of the molecule is COc1ccnc(CN2CCCC(CCO)C2)c1OC. The van der Waals surface area contributed by atoms with E-state index >= 15 is 0 Å². The number of likely N-dealkylation sites (tertiary alicyclic amines) is 1. The number of nitrogens with zero attached hydrogens (tertiary/aromatic N) is 2. The molecule has 1 aromatic rings. The van der Waals surface area contributed by atoms with Gasteiger partial charge in [0, 0.05) is 32.0 Å². The molecule has 1 aromatic heterocycles. The molecule has 2 rings (SSSR count). The lowest BCUT2D eigenvalue weighted by molar-refractivity contribution is 0.140. The van der Waals surface area contributed by atoms with Gasteiger partial charge >= 0.3 is 0 Å². The Bertz CT molecular complexity index is 424. The third-order valence-corrected chi connectivity index (χ3v) is 3.88. The minimum Gasteiger partial charge on any atom is -0.493 e. The van der Waals surface area contributed by atoms with Gasteiger partial charge in [-0.2, -0.15) is 0 Å². The van der Waals surface area contributed by atoms with Gasteiger partial charge in [0.05, 0.1) is 14.2 Å². The van der Waals surface area contributed by atoms with Crippen LogP contribution in [0.1, 0.15) is 25.0 Å². The first-order valence-corrected chi connectivity index (χ1v) is 7.17. The molecule has 112 valence electrons. The Labute approximate surface area is 120 Å². The fourth-order valence-corrected chi connectivity index (χ4v) is 2.89. The van der Waals surface area contributed by atoms with Gasteiger partial charge in [0.15, 0.2) is 11.5 Å². The molecule has 2 heterocycles. The summed E-state index contributed by atoms with van der Waals surface area (Å²) >= 11 is 0. The number of pyridine rings is 1. The molecule has 20 heavy (non-hydrogen) atoms. The zero-order chi connectivity index (χ0) is 14.4. The van der Waals surface area contributed by atoms with Crippen molar-refractivity contribution >= 4 is 0 Å². The molecule has 0 saturated carbocycles. The van der Waals surface area contributed by atoms with Crippen LogP contribution in [0, 0.1) is 5.92 Å². The number of rotatable bonds is 6. The number of aliphatic hydroxyl groups excluding tert-OH is 1. The van der Waals surface area contributed by atoms with E-state index in [1.54, 1.807) is 20.4 Å². The molecule has 1 N–H and O–H groups in total. The highest BCUT2D eigenvalue weighted by Crippen LogP contribution is 2.30. The molecule has 5 nitrogen and oxygen atoms in total. The maximum Gasteiger partial charge on any atom is 0.183 e. The summed E-state index contributed by atoms with van der Waals surface area (Å²) in [5.74, 6) is 2.03. The number of piperidine rings is 1. The van der Waals surface area contributed by atoms with Crippen LogP contribution in [0.25, 0.3) is 0 Å². The van der Waals surface area contributed by atoms with E-state index in [0.29, 0.717) is 5.92 Å². The van der Waals surface area contributed by atoms with Gasteiger partial charge in [-0.05, 0) is 31.7 Å². The van der Waals surface area contributed by atoms with E-state index in [9.17, 15) is 0 Å². The van der Waals surface area contributed by atoms with Gasteiger partial charge in [0.25, 0.3) is 0 Å². The Morgan fingerprint density at radius 3 is 2.95 bits per heavy atom. The largest absolute Gasteiger partial charge is 0.493 e. The van der Waals surface area contributed by atoms with Crippen LogP contribution in [0.4, 0.5) is 0 Å². The fourth-order valence-electron chi connectivity index (χ4n) is 2.89. The van der Waals surface area contributed by atoms with Crippen molar-refractivity contribution in [2.45, 2.75) is 25.8 Å². The number of methoxy groups -OCH3 is 2. The van der Waals surface area contributed by atoms with Crippen LogP contribution in [-0.4, -0.2) is 48.9 Å². The van der Waals surface area contributed by atoms with Crippen LogP contribution in [0.15, 0.2) is 12.3 Å². The quantitative estimate of drug-likeness (QED) is 0.859. The first kappa shape index (κ1) is 15.1. The van der Waals surface area contributed by atoms with Gasteiger partial charge in [0.1, 0.15) is 5.69 Å². The Kier molecular flexibility index (Phi) is 5.61. The van der Waals surface area contributed by atoms with Crippen molar-refractivity contribution in [3.63, 3.8) is 0 Å². The molecule has 0 radical (unpaired) electrons. The molecule has 0 aromatic carbocycles. The van der Waals surface area contributed by atoms with Crippen LogP contribution in [0.5, 0.6) is 11.5 Å². The summed E-state index contributed by atoms with van der Waals surface area (Å²) in [5.41, 5.74) is 0.913. The van der Waals surface area contributed by atoms with E-state index in [0.717, 1.165) is 43.2 Å². The predicted molar refractivity (Wildman–Crippen MR) is 77.0 cm³/mol. The van der Waals surface area contributed by atoms with E-state index in [1.165, 1.54) is 12.8 Å². The molecule has 0 aliphatic carbocycles. The summed E-state index contributed by atoms with van der Waals surface area (Å²) in [5, 5.41) is 9.08. The molecule has 0 amide bonds. The summed E-state index contributed by atoms with van der Waals surface area (Å²) in [6.45, 7) is 3.13. The molecule has 1 unspecified atom stereocenters. The second-order valence-electron chi connectivity index (χ2n) is 5.25. The highest BCUT2D eigenvalue weighted by molar-refractivity contribution is 5.42. The second kappa shape index (κ2) is 7.45. The van der Waals surface area contributed by atoms with Crippen molar-refractivity contribution in [2.75, 3.05) is 33.9 Å². The molecule has 1 atom stereocenters. The molecule has 5 heteroatoms. The van der Waals surface area contributed by atoms with Gasteiger partial charge in [0.2, 0.25) is 0 Å². The normalized spacial score (nSPS) is 19.9. The first-order valence-electron chi connectivity index (χ1n) is 7.17. The number of hydrogen-bond acceptors (Lipinski definition) is 5. The van der Waals surface area contributed by atoms with Crippen molar-refractivity contribution in [1.29, 1.82) is 0 Å². The van der Waals surface area contributed by atoms with E-state index in [2.05, 4.69) is 9.88 Å². The molecule has 0 spiro atoms. The number of hydrogen-bond donors (Lipinski definition) is 1. The number of aromatic nitrogens is 1. The smallest absolute Gasteiger partial charge is 0.183 e. The third-order valence-electron chi connectivity index (χ3n) is 3.88. The second-order valence-corrected chi connectivity index (χ2v) is 5.25. The van der Waals surface area contributed by atoms with Crippen LogP contribution in [0.2, 0.25) is 0 Å². The Balaban J connectivity index is 2.05. The van der Waals surface area contributed by atoms with Gasteiger partial charge in [-0.25, -0.2) is 0 Å². The maximum absolute atomic E-state index is 9.08. The van der Waals surface area contributed by atoms with E-state index in [1.807, 2.05) is 6.07 Å². The zero-order valence-corrected chi connectivity index (χ0v) is 12.3. The van der Waals surface area contributed by atoms with Crippen LogP contribution >= 0.6 is 0 Å². The highest BCUT2D eigenvalue weighted by atomic mass is 16.5. The van der Waals surface area contributed by atoms with Crippen molar-refractivity contribution < 1.29 is 14.6 Å². The van der Waals surface area contributed by atoms with Gasteiger partial charge in [-0.15, -0.1) is 0 Å². The molecule has 1 saturated heterocycles. The van der Waals surface area contributed by atoms with Crippen LogP contribution < -0.4 is 9.47 Å². The zero-order valence-electron chi connectivity index (χ0n) is 12.3. The van der Waals surface area contributed by atoms with E-state index < -0.39 is 0 Å². The summed E-state index contributed by atoms with van der Waals surface area (Å²) in [7, 11) is 3.29. The summed E-state index contributed by atoms with van der Waals surface area (Å²) in [6.07, 6.45) is 5.03. The number of aliphatic hydroxyl groups is 1. The minimum atomic E-state index is 0.277. The molecule has 1 aliphatic heterocycles. The summed E-state index contributed by atoms with van der Waals surface area (Å²) in [4.78, 5) is 6.81. The van der Waals surface area contributed by atoms with Crippen molar-refractivity contribution in [1.82, 2.24) is 9.88 Å². The topological polar surface area (TPSA) is 54.8 Å². The summed E-state index contributed by atoms with van der Waals surface area (Å²) < 4.78 is 10.7. The summed E-state index contributed by atoms with van der Waals surface area (Å²) in [6, 6.07) is 1.81. The maximum atomic E-state index is 9.08. The lowest BCUT2D eigenvalue weighted by atomic mass is 9.95.